The molecule has 0 aromatic heterocycles. The van der Waals surface area contributed by atoms with E-state index < -0.39 is 0 Å². The molecule has 1 N–H and O–H groups in total. The van der Waals surface area contributed by atoms with Crippen LogP contribution in [0.1, 0.15) is 25.5 Å². The van der Waals surface area contributed by atoms with Crippen LogP contribution in [0.3, 0.4) is 0 Å². The summed E-state index contributed by atoms with van der Waals surface area (Å²) in [7, 11) is 0. The van der Waals surface area contributed by atoms with Gasteiger partial charge in [0, 0.05) is 6.54 Å². The molecule has 1 unspecified atom stereocenters. The van der Waals surface area contributed by atoms with Crippen LogP contribution in [0.15, 0.2) is 24.3 Å². The predicted molar refractivity (Wildman–Crippen MR) is 67.7 cm³/mol. The molecule has 3 nitrogen and oxygen atoms in total. The van der Waals surface area contributed by atoms with Crippen molar-refractivity contribution in [3.8, 4) is 5.75 Å². The van der Waals surface area contributed by atoms with E-state index in [-0.39, 0.29) is 17.7 Å². The summed E-state index contributed by atoms with van der Waals surface area (Å²) in [4.78, 5) is 13.4. The number of alkyl halides is 1. The molecule has 1 aromatic rings. The number of amides is 1. The molecular weight excluding hydrogens is 270 g/mol. The van der Waals surface area contributed by atoms with Crippen LogP contribution in [0.4, 0.5) is 0 Å². The second-order valence-electron chi connectivity index (χ2n) is 3.58. The number of aromatic hydroxyl groups is 1. The fourth-order valence-electron chi connectivity index (χ4n) is 1.71. The summed E-state index contributed by atoms with van der Waals surface area (Å²) in [5.41, 5.74) is 0.941. The normalized spacial score (nSPS) is 12.2. The number of carbonyl (C=O) groups is 1. The van der Waals surface area contributed by atoms with Crippen molar-refractivity contribution in [1.29, 1.82) is 0 Å². The fourth-order valence-corrected chi connectivity index (χ4v) is 2.03. The number of rotatable bonds is 4. The van der Waals surface area contributed by atoms with E-state index in [0.717, 1.165) is 5.56 Å². The molecule has 1 rings (SSSR count). The zero-order valence-corrected chi connectivity index (χ0v) is 11.1. The van der Waals surface area contributed by atoms with Gasteiger partial charge in [0.1, 0.15) is 5.75 Å². The van der Waals surface area contributed by atoms with Gasteiger partial charge in [-0.05, 0) is 31.5 Å². The first-order chi connectivity index (χ1) is 7.60. The van der Waals surface area contributed by atoms with Crippen molar-refractivity contribution >= 4 is 21.8 Å². The second-order valence-corrected chi connectivity index (χ2v) is 4.15. The van der Waals surface area contributed by atoms with Crippen molar-refractivity contribution in [2.45, 2.75) is 19.9 Å². The lowest BCUT2D eigenvalue weighted by molar-refractivity contribution is -0.130. The maximum absolute atomic E-state index is 11.7. The Balaban J connectivity index is 2.90. The Morgan fingerprint density at radius 2 is 2.25 bits per heavy atom. The highest BCUT2D eigenvalue weighted by Gasteiger charge is 2.18. The molecule has 0 saturated heterocycles. The van der Waals surface area contributed by atoms with Crippen LogP contribution in [0.2, 0.25) is 0 Å². The SMILES string of the molecule is CCN(C(=O)CBr)C(C)c1cccc(O)c1. The zero-order chi connectivity index (χ0) is 12.1. The summed E-state index contributed by atoms with van der Waals surface area (Å²) in [6.07, 6.45) is 0. The number of hydrogen-bond donors (Lipinski definition) is 1. The molecular formula is C12H16BrNO2. The number of phenols is 1. The number of hydrogen-bond acceptors (Lipinski definition) is 2. The average molecular weight is 286 g/mol. The Morgan fingerprint density at radius 3 is 2.75 bits per heavy atom. The van der Waals surface area contributed by atoms with Gasteiger partial charge >= 0.3 is 0 Å². The molecule has 0 aliphatic rings. The van der Waals surface area contributed by atoms with Gasteiger partial charge in [-0.25, -0.2) is 0 Å². The zero-order valence-electron chi connectivity index (χ0n) is 9.48. The van der Waals surface area contributed by atoms with Gasteiger partial charge in [-0.15, -0.1) is 0 Å². The van der Waals surface area contributed by atoms with Crippen LogP contribution in [0.5, 0.6) is 5.75 Å². The summed E-state index contributed by atoms with van der Waals surface area (Å²) < 4.78 is 0. The highest BCUT2D eigenvalue weighted by atomic mass is 79.9. The molecule has 0 saturated carbocycles. The summed E-state index contributed by atoms with van der Waals surface area (Å²) in [6, 6.07) is 6.98. The Bertz CT molecular complexity index is 368. The topological polar surface area (TPSA) is 40.5 Å². The van der Waals surface area contributed by atoms with Gasteiger partial charge in [0.15, 0.2) is 0 Å². The van der Waals surface area contributed by atoms with Crippen molar-refractivity contribution in [2.24, 2.45) is 0 Å². The van der Waals surface area contributed by atoms with Crippen molar-refractivity contribution in [1.82, 2.24) is 4.90 Å². The Labute approximate surface area is 104 Å². The summed E-state index contributed by atoms with van der Waals surface area (Å²) in [5.74, 6) is 0.282. The van der Waals surface area contributed by atoms with E-state index >= 15 is 0 Å². The predicted octanol–water partition coefficient (Wildman–Crippen LogP) is 2.70. The highest BCUT2D eigenvalue weighted by molar-refractivity contribution is 9.09. The van der Waals surface area contributed by atoms with Crippen molar-refractivity contribution in [3.63, 3.8) is 0 Å². The van der Waals surface area contributed by atoms with Crippen LogP contribution in [-0.2, 0) is 4.79 Å². The largest absolute Gasteiger partial charge is 0.508 e. The quantitative estimate of drug-likeness (QED) is 0.864. The van der Waals surface area contributed by atoms with Gasteiger partial charge in [-0.3, -0.25) is 4.79 Å². The van der Waals surface area contributed by atoms with Gasteiger partial charge in [0.05, 0.1) is 11.4 Å². The number of benzene rings is 1. The fraction of sp³-hybridized carbons (Fsp3) is 0.417. The van der Waals surface area contributed by atoms with E-state index in [1.54, 1.807) is 23.1 Å². The molecule has 0 aliphatic heterocycles. The molecule has 88 valence electrons. The Kier molecular flexibility index (Phi) is 4.80. The van der Waals surface area contributed by atoms with E-state index in [1.165, 1.54) is 0 Å². The molecule has 16 heavy (non-hydrogen) atoms. The van der Waals surface area contributed by atoms with Gasteiger partial charge in [0.2, 0.25) is 5.91 Å². The molecule has 0 aliphatic carbocycles. The number of nitrogens with zero attached hydrogens (tertiary/aromatic N) is 1. The van der Waals surface area contributed by atoms with E-state index in [0.29, 0.717) is 11.9 Å². The van der Waals surface area contributed by atoms with Crippen molar-refractivity contribution < 1.29 is 9.90 Å². The molecule has 0 heterocycles. The van der Waals surface area contributed by atoms with Crippen LogP contribution in [0.25, 0.3) is 0 Å². The van der Waals surface area contributed by atoms with E-state index in [9.17, 15) is 9.90 Å². The molecule has 0 fully saturated rings. The standard InChI is InChI=1S/C12H16BrNO2/c1-3-14(12(16)8-13)9(2)10-5-4-6-11(15)7-10/h4-7,9,15H,3,8H2,1-2H3. The molecule has 0 bridgehead atoms. The Hall–Kier alpha value is -1.03. The average Bonchev–Trinajstić information content (AvgIpc) is 2.29. The first-order valence-corrected chi connectivity index (χ1v) is 6.36. The van der Waals surface area contributed by atoms with Crippen LogP contribution >= 0.6 is 15.9 Å². The second kappa shape index (κ2) is 5.89. The first kappa shape index (κ1) is 13.0. The van der Waals surface area contributed by atoms with Gasteiger partial charge < -0.3 is 10.0 Å². The lowest BCUT2D eigenvalue weighted by atomic mass is 10.1. The van der Waals surface area contributed by atoms with Gasteiger partial charge in [-0.1, -0.05) is 28.1 Å². The number of phenolic OH excluding ortho intramolecular Hbond substituents is 1. The lowest BCUT2D eigenvalue weighted by Crippen LogP contribution is -2.34. The summed E-state index contributed by atoms with van der Waals surface area (Å²) >= 11 is 3.17. The van der Waals surface area contributed by atoms with Crippen LogP contribution in [0, 0.1) is 0 Å². The molecule has 1 aromatic carbocycles. The first-order valence-electron chi connectivity index (χ1n) is 5.24. The minimum atomic E-state index is -0.0258. The van der Waals surface area contributed by atoms with E-state index in [4.69, 9.17) is 0 Å². The maximum atomic E-state index is 11.7. The summed E-state index contributed by atoms with van der Waals surface area (Å²) in [6.45, 7) is 4.56. The maximum Gasteiger partial charge on any atom is 0.233 e. The third-order valence-corrected chi connectivity index (χ3v) is 3.08. The third-order valence-electron chi connectivity index (χ3n) is 2.60. The van der Waals surface area contributed by atoms with Crippen molar-refractivity contribution in [3.05, 3.63) is 29.8 Å². The van der Waals surface area contributed by atoms with Gasteiger partial charge in [0.25, 0.3) is 0 Å². The molecule has 0 spiro atoms. The van der Waals surface area contributed by atoms with Gasteiger partial charge in [-0.2, -0.15) is 0 Å². The molecule has 1 atom stereocenters. The smallest absolute Gasteiger partial charge is 0.233 e. The molecule has 1 amide bonds. The number of halogens is 1. The lowest BCUT2D eigenvalue weighted by Gasteiger charge is -2.27. The molecule has 4 heteroatoms. The number of carbonyl (C=O) groups excluding carboxylic acids is 1. The van der Waals surface area contributed by atoms with Crippen LogP contribution < -0.4 is 0 Å². The van der Waals surface area contributed by atoms with E-state index in [2.05, 4.69) is 15.9 Å². The van der Waals surface area contributed by atoms with Crippen molar-refractivity contribution in [2.75, 3.05) is 11.9 Å². The Morgan fingerprint density at radius 1 is 1.56 bits per heavy atom. The van der Waals surface area contributed by atoms with Crippen LogP contribution in [-0.4, -0.2) is 27.8 Å². The highest BCUT2D eigenvalue weighted by Crippen LogP contribution is 2.23. The van der Waals surface area contributed by atoms with E-state index in [1.807, 2.05) is 19.9 Å². The minimum absolute atomic E-state index is 0.0258. The minimum Gasteiger partial charge on any atom is -0.508 e. The monoisotopic (exact) mass is 285 g/mol. The third kappa shape index (κ3) is 2.98. The molecule has 0 radical (unpaired) electrons. The summed E-state index contributed by atoms with van der Waals surface area (Å²) in [5, 5.41) is 9.72.